The number of hydrogen-bond donors (Lipinski definition) is 0. The maximum absolute atomic E-state index is 11.6. The second-order valence-corrected chi connectivity index (χ2v) is 8.98. The van der Waals surface area contributed by atoms with E-state index >= 15 is 0 Å². The van der Waals surface area contributed by atoms with Crippen molar-refractivity contribution in [3.63, 3.8) is 0 Å². The van der Waals surface area contributed by atoms with Crippen molar-refractivity contribution < 1.29 is 19.1 Å². The Bertz CT molecular complexity index is 325. The molecule has 0 bridgehead atoms. The summed E-state index contributed by atoms with van der Waals surface area (Å²) in [5.74, 6) is -0.620. The average molecular weight is 343 g/mol. The first-order valence-electron chi connectivity index (χ1n) is 9.31. The van der Waals surface area contributed by atoms with Crippen molar-refractivity contribution in [3.8, 4) is 0 Å². The predicted octanol–water partition coefficient (Wildman–Crippen LogP) is 5.29. The molecule has 0 aromatic heterocycles. The molecule has 0 aliphatic heterocycles. The van der Waals surface area contributed by atoms with Crippen LogP contribution in [0.15, 0.2) is 0 Å². The highest BCUT2D eigenvalue weighted by Crippen LogP contribution is 2.22. The van der Waals surface area contributed by atoms with Crippen LogP contribution in [0.25, 0.3) is 0 Å². The molecule has 0 amide bonds. The van der Waals surface area contributed by atoms with Crippen molar-refractivity contribution in [1.29, 1.82) is 0 Å². The fourth-order valence-corrected chi connectivity index (χ4v) is 2.24. The van der Waals surface area contributed by atoms with Crippen LogP contribution in [-0.2, 0) is 19.1 Å². The van der Waals surface area contributed by atoms with Crippen LogP contribution in [0.3, 0.4) is 0 Å². The van der Waals surface area contributed by atoms with Crippen molar-refractivity contribution in [2.24, 2.45) is 10.8 Å². The number of esters is 2. The molecule has 0 fully saturated rings. The summed E-state index contributed by atoms with van der Waals surface area (Å²) in [5.41, 5.74) is 0.640. The lowest BCUT2D eigenvalue weighted by atomic mass is 9.90. The molecule has 0 aromatic carbocycles. The molecule has 4 nitrogen and oxygen atoms in total. The van der Waals surface area contributed by atoms with Crippen molar-refractivity contribution in [2.45, 2.75) is 92.9 Å². The molecule has 0 aliphatic rings. The Balaban J connectivity index is 3.53. The summed E-state index contributed by atoms with van der Waals surface area (Å²) in [7, 11) is 0. The smallest absolute Gasteiger partial charge is 0.306 e. The van der Waals surface area contributed by atoms with E-state index in [-0.39, 0.29) is 24.8 Å². The molecular weight excluding hydrogens is 304 g/mol. The van der Waals surface area contributed by atoms with E-state index in [2.05, 4.69) is 41.5 Å². The summed E-state index contributed by atoms with van der Waals surface area (Å²) in [6.45, 7) is 14.1. The Hall–Kier alpha value is -1.06. The highest BCUT2D eigenvalue weighted by molar-refractivity contribution is 5.77. The Morgan fingerprint density at radius 1 is 0.625 bits per heavy atom. The van der Waals surface area contributed by atoms with Gasteiger partial charge in [0.1, 0.15) is 0 Å². The van der Waals surface area contributed by atoms with Gasteiger partial charge in [-0.3, -0.25) is 9.59 Å². The highest BCUT2D eigenvalue weighted by atomic mass is 16.5. The zero-order valence-electron chi connectivity index (χ0n) is 16.7. The van der Waals surface area contributed by atoms with Crippen LogP contribution >= 0.6 is 0 Å². The predicted molar refractivity (Wildman–Crippen MR) is 97.8 cm³/mol. The molecule has 0 radical (unpaired) electrons. The van der Waals surface area contributed by atoms with E-state index in [1.807, 2.05) is 0 Å². The van der Waals surface area contributed by atoms with Crippen LogP contribution in [0.1, 0.15) is 92.9 Å². The maximum atomic E-state index is 11.6. The molecule has 0 N–H and O–H groups in total. The van der Waals surface area contributed by atoms with Gasteiger partial charge in [0.2, 0.25) is 0 Å². The zero-order valence-corrected chi connectivity index (χ0v) is 16.7. The van der Waals surface area contributed by atoms with Gasteiger partial charge >= 0.3 is 11.9 Å². The van der Waals surface area contributed by atoms with Gasteiger partial charge in [-0.15, -0.1) is 0 Å². The van der Waals surface area contributed by atoms with Gasteiger partial charge < -0.3 is 9.47 Å². The molecule has 24 heavy (non-hydrogen) atoms. The summed E-state index contributed by atoms with van der Waals surface area (Å²) in [6, 6.07) is 0. The van der Waals surface area contributed by atoms with Crippen LogP contribution < -0.4 is 0 Å². The van der Waals surface area contributed by atoms with Gasteiger partial charge in [-0.25, -0.2) is 0 Å². The van der Waals surface area contributed by atoms with Crippen LogP contribution in [0.4, 0.5) is 0 Å². The molecule has 0 heterocycles. The molecule has 4 heteroatoms. The van der Waals surface area contributed by atoms with Gasteiger partial charge in [0, 0.05) is 0 Å². The summed E-state index contributed by atoms with van der Waals surface area (Å²) in [6.07, 6.45) is 6.31. The minimum Gasteiger partial charge on any atom is -0.466 e. The van der Waals surface area contributed by atoms with Gasteiger partial charge in [-0.05, 0) is 49.4 Å². The first-order chi connectivity index (χ1) is 11.0. The van der Waals surface area contributed by atoms with Gasteiger partial charge in [0.15, 0.2) is 0 Å². The van der Waals surface area contributed by atoms with Crippen molar-refractivity contribution >= 4 is 11.9 Å². The van der Waals surface area contributed by atoms with E-state index in [0.717, 1.165) is 38.5 Å². The number of ether oxygens (including phenoxy) is 2. The molecular formula is C20H38O4. The van der Waals surface area contributed by atoms with E-state index in [9.17, 15) is 9.59 Å². The molecule has 0 aromatic rings. The first kappa shape index (κ1) is 22.9. The summed E-state index contributed by atoms with van der Waals surface area (Å²) in [5, 5.41) is 0. The molecule has 0 aliphatic carbocycles. The first-order valence-corrected chi connectivity index (χ1v) is 9.31. The lowest BCUT2D eigenvalue weighted by molar-refractivity contribution is -0.150. The van der Waals surface area contributed by atoms with Crippen LogP contribution in [0.2, 0.25) is 0 Å². The lowest BCUT2D eigenvalue weighted by Crippen LogP contribution is -2.12. The Kier molecular flexibility index (Phi) is 11.0. The molecule has 0 unspecified atom stereocenters. The number of rotatable bonds is 11. The van der Waals surface area contributed by atoms with E-state index in [4.69, 9.17) is 9.47 Å². The standard InChI is InChI=1S/C20H38O4/c1-19(2,3)13-7-9-15-23-17(21)11-12-18(22)24-16-10-8-14-20(4,5)6/h7-16H2,1-6H3. The van der Waals surface area contributed by atoms with Crippen LogP contribution in [-0.4, -0.2) is 25.2 Å². The molecule has 0 saturated carbocycles. The fourth-order valence-electron chi connectivity index (χ4n) is 2.24. The van der Waals surface area contributed by atoms with E-state index < -0.39 is 0 Å². The molecule has 142 valence electrons. The van der Waals surface area contributed by atoms with Gasteiger partial charge in [-0.2, -0.15) is 0 Å². The minimum atomic E-state index is -0.310. The number of carbonyl (C=O) groups excluding carboxylic acids is 2. The van der Waals surface area contributed by atoms with Crippen molar-refractivity contribution in [2.75, 3.05) is 13.2 Å². The SMILES string of the molecule is CC(C)(C)CCCCOC(=O)CCC(=O)OCCCCC(C)(C)C. The fraction of sp³-hybridized carbons (Fsp3) is 0.900. The van der Waals surface area contributed by atoms with Gasteiger partial charge in [-0.1, -0.05) is 41.5 Å². The van der Waals surface area contributed by atoms with Crippen molar-refractivity contribution in [3.05, 3.63) is 0 Å². The summed E-state index contributed by atoms with van der Waals surface area (Å²) >= 11 is 0. The number of unbranched alkanes of at least 4 members (excludes halogenated alkanes) is 2. The summed E-state index contributed by atoms with van der Waals surface area (Å²) < 4.78 is 10.3. The van der Waals surface area contributed by atoms with Gasteiger partial charge in [0.05, 0.1) is 26.1 Å². The normalized spacial score (nSPS) is 12.1. The minimum absolute atomic E-state index is 0.111. The number of hydrogen-bond acceptors (Lipinski definition) is 4. The Morgan fingerprint density at radius 2 is 0.958 bits per heavy atom. The molecule has 0 atom stereocenters. The van der Waals surface area contributed by atoms with E-state index in [1.54, 1.807) is 0 Å². The second-order valence-electron chi connectivity index (χ2n) is 8.98. The van der Waals surface area contributed by atoms with Crippen molar-refractivity contribution in [1.82, 2.24) is 0 Å². The second kappa shape index (κ2) is 11.5. The van der Waals surface area contributed by atoms with Gasteiger partial charge in [0.25, 0.3) is 0 Å². The third kappa shape index (κ3) is 17.3. The maximum Gasteiger partial charge on any atom is 0.306 e. The Labute approximate surface area is 148 Å². The van der Waals surface area contributed by atoms with E-state index in [0.29, 0.717) is 24.0 Å². The van der Waals surface area contributed by atoms with E-state index in [1.165, 1.54) is 0 Å². The lowest BCUT2D eigenvalue weighted by Gasteiger charge is -2.17. The summed E-state index contributed by atoms with van der Waals surface area (Å²) in [4.78, 5) is 23.1. The Morgan fingerprint density at radius 3 is 1.25 bits per heavy atom. The topological polar surface area (TPSA) is 52.6 Å². The average Bonchev–Trinajstić information content (AvgIpc) is 2.42. The van der Waals surface area contributed by atoms with Crippen LogP contribution in [0.5, 0.6) is 0 Å². The quantitative estimate of drug-likeness (QED) is 0.378. The number of carbonyl (C=O) groups is 2. The zero-order chi connectivity index (χ0) is 18.6. The van der Waals surface area contributed by atoms with Crippen LogP contribution in [0, 0.1) is 10.8 Å². The largest absolute Gasteiger partial charge is 0.466 e. The monoisotopic (exact) mass is 342 g/mol. The highest BCUT2D eigenvalue weighted by Gasteiger charge is 2.12. The molecule has 0 spiro atoms. The molecule has 0 saturated heterocycles. The third-order valence-corrected chi connectivity index (χ3v) is 3.70. The third-order valence-electron chi connectivity index (χ3n) is 3.70. The molecule has 0 rings (SSSR count).